The van der Waals surface area contributed by atoms with E-state index in [1.165, 1.54) is 0 Å². The Balaban J connectivity index is 1.37. The van der Waals surface area contributed by atoms with Gasteiger partial charge in [-0.2, -0.15) is 5.10 Å². The number of anilines is 2. The fraction of sp³-hybridized carbons (Fsp3) is 0.469. The van der Waals surface area contributed by atoms with Gasteiger partial charge in [-0.1, -0.05) is 12.1 Å². The van der Waals surface area contributed by atoms with Gasteiger partial charge in [-0.15, -0.1) is 0 Å². The van der Waals surface area contributed by atoms with Crippen molar-refractivity contribution in [2.24, 2.45) is 0 Å². The summed E-state index contributed by atoms with van der Waals surface area (Å²) in [7, 11) is 2.06. The number of amides is 4. The lowest BCUT2D eigenvalue weighted by Crippen LogP contribution is -2.66. The van der Waals surface area contributed by atoms with Crippen LogP contribution in [0.5, 0.6) is 0 Å². The summed E-state index contributed by atoms with van der Waals surface area (Å²) in [5.74, 6) is -0.465. The number of urea groups is 1. The van der Waals surface area contributed by atoms with E-state index in [4.69, 9.17) is 0 Å². The van der Waals surface area contributed by atoms with Crippen LogP contribution in [0.2, 0.25) is 0 Å². The van der Waals surface area contributed by atoms with Crippen LogP contribution in [0.25, 0.3) is 11.1 Å². The summed E-state index contributed by atoms with van der Waals surface area (Å²) >= 11 is 0. The van der Waals surface area contributed by atoms with Crippen LogP contribution in [-0.2, 0) is 10.3 Å². The molecule has 2 N–H and O–H groups in total. The zero-order valence-corrected chi connectivity index (χ0v) is 26.1. The molecule has 0 aliphatic carbocycles. The minimum atomic E-state index is -1.06. The summed E-state index contributed by atoms with van der Waals surface area (Å²) in [6.07, 6.45) is 6.10. The van der Waals surface area contributed by atoms with Crippen LogP contribution in [0, 0.1) is 6.92 Å². The molecule has 2 saturated heterocycles. The molecule has 0 spiro atoms. The molecule has 228 valence electrons. The maximum Gasteiger partial charge on any atom is 0.323 e. The number of nitrogens with one attached hydrogen (secondary N) is 2. The highest BCUT2D eigenvalue weighted by Crippen LogP contribution is 2.31. The Morgan fingerprint density at radius 1 is 1.07 bits per heavy atom. The Morgan fingerprint density at radius 3 is 2.49 bits per heavy atom. The lowest BCUT2D eigenvalue weighted by atomic mass is 9.95. The first-order valence-corrected chi connectivity index (χ1v) is 14.8. The average molecular weight is 587 g/mol. The van der Waals surface area contributed by atoms with Gasteiger partial charge in [0, 0.05) is 49.3 Å². The summed E-state index contributed by atoms with van der Waals surface area (Å²) in [5, 5.41) is 10.4. The Kier molecular flexibility index (Phi) is 8.04. The normalized spacial score (nSPS) is 19.0. The van der Waals surface area contributed by atoms with E-state index in [2.05, 4.69) is 32.7 Å². The number of nitrogens with zero attached hydrogens (tertiary/aromatic N) is 6. The van der Waals surface area contributed by atoms with Gasteiger partial charge in [0.05, 0.1) is 17.4 Å². The Morgan fingerprint density at radius 2 is 1.84 bits per heavy atom. The predicted molar refractivity (Wildman–Crippen MR) is 167 cm³/mol. The summed E-state index contributed by atoms with van der Waals surface area (Å²) < 4.78 is 1.67. The highest BCUT2D eigenvalue weighted by molar-refractivity contribution is 6.07. The van der Waals surface area contributed by atoms with Gasteiger partial charge in [0.1, 0.15) is 5.54 Å². The van der Waals surface area contributed by atoms with Gasteiger partial charge in [-0.05, 0) is 90.9 Å². The number of likely N-dealkylation sites (tertiary alicyclic amines) is 1. The first kappa shape index (κ1) is 30.2. The highest BCUT2D eigenvalue weighted by Gasteiger charge is 2.47. The van der Waals surface area contributed by atoms with Crippen molar-refractivity contribution < 1.29 is 14.4 Å². The Labute approximate surface area is 253 Å². The van der Waals surface area contributed by atoms with Crippen LogP contribution in [-0.4, -0.2) is 92.1 Å². The van der Waals surface area contributed by atoms with Crippen molar-refractivity contribution in [3.05, 3.63) is 60.2 Å². The molecule has 2 aromatic heterocycles. The molecule has 0 bridgehead atoms. The molecular weight excluding hydrogens is 544 g/mol. The van der Waals surface area contributed by atoms with Crippen LogP contribution < -0.4 is 10.6 Å². The van der Waals surface area contributed by atoms with E-state index in [0.717, 1.165) is 36.2 Å². The number of carbonyl (C=O) groups is 3. The van der Waals surface area contributed by atoms with Gasteiger partial charge in [-0.25, -0.2) is 4.79 Å². The molecule has 2 aliphatic rings. The van der Waals surface area contributed by atoms with Gasteiger partial charge >= 0.3 is 6.03 Å². The number of hydrogen-bond acceptors (Lipinski definition) is 6. The quantitative estimate of drug-likeness (QED) is 0.457. The van der Waals surface area contributed by atoms with E-state index < -0.39 is 23.0 Å². The SMILES string of the molecule is Cc1ccc(NC(=O)Nc2cn(C(C)(C)C)nc2C(=O)N2CCN(C3CCN(C)C3)C(=O)C2(C)C)cc1-c1cccnc1. The first-order chi connectivity index (χ1) is 20.3. The molecule has 43 heavy (non-hydrogen) atoms. The number of aromatic nitrogens is 3. The molecule has 2 fully saturated rings. The zero-order chi connectivity index (χ0) is 31.1. The van der Waals surface area contributed by atoms with Gasteiger partial charge in [0.15, 0.2) is 5.69 Å². The third-order valence-electron chi connectivity index (χ3n) is 8.40. The average Bonchev–Trinajstić information content (AvgIpc) is 3.58. The molecule has 4 amide bonds. The second kappa shape index (κ2) is 11.4. The number of likely N-dealkylation sites (N-methyl/N-ethyl adjacent to an activating group) is 1. The number of pyridine rings is 1. The molecule has 0 radical (unpaired) electrons. The largest absolute Gasteiger partial charge is 0.335 e. The second-order valence-electron chi connectivity index (χ2n) is 13.1. The minimum Gasteiger partial charge on any atom is -0.335 e. The fourth-order valence-corrected chi connectivity index (χ4v) is 5.84. The monoisotopic (exact) mass is 586 g/mol. The van der Waals surface area contributed by atoms with E-state index in [1.807, 2.05) is 62.9 Å². The number of benzene rings is 1. The van der Waals surface area contributed by atoms with E-state index in [0.29, 0.717) is 18.8 Å². The van der Waals surface area contributed by atoms with Crippen LogP contribution in [0.3, 0.4) is 0 Å². The molecule has 4 heterocycles. The molecule has 1 aromatic carbocycles. The summed E-state index contributed by atoms with van der Waals surface area (Å²) in [5.41, 5.74) is 2.42. The molecule has 1 atom stereocenters. The van der Waals surface area contributed by atoms with Crippen molar-refractivity contribution in [1.29, 1.82) is 0 Å². The minimum absolute atomic E-state index is 0.0707. The van der Waals surface area contributed by atoms with E-state index in [-0.39, 0.29) is 23.3 Å². The predicted octanol–water partition coefficient (Wildman–Crippen LogP) is 4.42. The van der Waals surface area contributed by atoms with Gasteiger partial charge in [-0.3, -0.25) is 19.3 Å². The third-order valence-corrected chi connectivity index (χ3v) is 8.40. The highest BCUT2D eigenvalue weighted by atomic mass is 16.2. The van der Waals surface area contributed by atoms with Crippen LogP contribution >= 0.6 is 0 Å². The lowest BCUT2D eigenvalue weighted by Gasteiger charge is -2.47. The Bertz CT molecular complexity index is 1530. The van der Waals surface area contributed by atoms with Crippen LogP contribution in [0.1, 0.15) is 57.1 Å². The first-order valence-electron chi connectivity index (χ1n) is 14.8. The van der Waals surface area contributed by atoms with Crippen molar-refractivity contribution in [2.75, 3.05) is 43.9 Å². The molecule has 11 nitrogen and oxygen atoms in total. The maximum absolute atomic E-state index is 14.1. The van der Waals surface area contributed by atoms with Crippen molar-refractivity contribution in [3.8, 4) is 11.1 Å². The van der Waals surface area contributed by atoms with E-state index in [9.17, 15) is 14.4 Å². The van der Waals surface area contributed by atoms with Crippen LogP contribution in [0.15, 0.2) is 48.9 Å². The molecule has 1 unspecified atom stereocenters. The smallest absolute Gasteiger partial charge is 0.323 e. The van der Waals surface area contributed by atoms with Crippen molar-refractivity contribution in [3.63, 3.8) is 0 Å². The Hall–Kier alpha value is -4.25. The van der Waals surface area contributed by atoms with Crippen molar-refractivity contribution >= 4 is 29.2 Å². The number of rotatable bonds is 5. The number of carbonyl (C=O) groups excluding carboxylic acids is 3. The molecule has 11 heteroatoms. The van der Waals surface area contributed by atoms with E-state index >= 15 is 0 Å². The summed E-state index contributed by atoms with van der Waals surface area (Å²) in [6, 6.07) is 9.14. The van der Waals surface area contributed by atoms with E-state index in [1.54, 1.807) is 42.0 Å². The summed E-state index contributed by atoms with van der Waals surface area (Å²) in [4.78, 5) is 51.0. The van der Waals surface area contributed by atoms with Crippen molar-refractivity contribution in [1.82, 2.24) is 29.5 Å². The molecule has 3 aromatic rings. The fourth-order valence-electron chi connectivity index (χ4n) is 5.84. The number of hydrogen-bond donors (Lipinski definition) is 2. The molecule has 0 saturated carbocycles. The molecular formula is C32H42N8O3. The van der Waals surface area contributed by atoms with Crippen molar-refractivity contribution in [2.45, 2.75) is 65.1 Å². The number of piperazine rings is 1. The summed E-state index contributed by atoms with van der Waals surface area (Å²) in [6.45, 7) is 14.1. The standard InChI is InChI=1S/C32H42N8O3/c1-21-10-11-23(17-25(21)22-9-8-13-33-18-22)34-30(43)35-26-20-40(31(2,3)4)36-27(26)28(41)39-16-15-38(29(42)32(39,5)6)24-12-14-37(7)19-24/h8-11,13,17-18,20,24H,12,14-16,19H2,1-7H3,(H2,34,35,43). The topological polar surface area (TPSA) is 116 Å². The zero-order valence-electron chi connectivity index (χ0n) is 26.1. The van der Waals surface area contributed by atoms with Crippen LogP contribution in [0.4, 0.5) is 16.2 Å². The second-order valence-corrected chi connectivity index (χ2v) is 13.1. The maximum atomic E-state index is 14.1. The van der Waals surface area contributed by atoms with Gasteiger partial charge < -0.3 is 25.3 Å². The number of aryl methyl sites for hydroxylation is 1. The van der Waals surface area contributed by atoms with Gasteiger partial charge in [0.2, 0.25) is 5.91 Å². The van der Waals surface area contributed by atoms with Gasteiger partial charge in [0.25, 0.3) is 5.91 Å². The molecule has 5 rings (SSSR count). The lowest BCUT2D eigenvalue weighted by molar-refractivity contribution is -0.149. The third kappa shape index (κ3) is 6.13. The molecule has 2 aliphatic heterocycles.